The molecule has 1 rings (SSSR count). The van der Waals surface area contributed by atoms with Crippen LogP contribution in [0, 0.1) is 0 Å². The van der Waals surface area contributed by atoms with Gasteiger partial charge in [0.05, 0.1) is 19.3 Å². The van der Waals surface area contributed by atoms with E-state index in [1.807, 2.05) is 0 Å². The van der Waals surface area contributed by atoms with Crippen molar-refractivity contribution in [3.8, 4) is 5.75 Å². The van der Waals surface area contributed by atoms with Crippen LogP contribution in [-0.4, -0.2) is 31.3 Å². The number of benzene rings is 1. The average molecular weight is 306 g/mol. The Bertz CT molecular complexity index is 534. The fourth-order valence-corrected chi connectivity index (χ4v) is 1.65. The molecule has 0 N–H and O–H groups in total. The van der Waals surface area contributed by atoms with Gasteiger partial charge in [0.25, 0.3) is 0 Å². The second-order valence-electron chi connectivity index (χ2n) is 5.24. The van der Waals surface area contributed by atoms with Gasteiger partial charge in [-0.15, -0.1) is 0 Å². The zero-order valence-electron chi connectivity index (χ0n) is 13.6. The van der Waals surface area contributed by atoms with E-state index in [0.717, 1.165) is 0 Å². The molecule has 120 valence electrons. The van der Waals surface area contributed by atoms with E-state index in [-0.39, 0.29) is 17.8 Å². The van der Waals surface area contributed by atoms with Crippen LogP contribution >= 0.6 is 0 Å². The summed E-state index contributed by atoms with van der Waals surface area (Å²) in [6, 6.07) is 7.01. The molecule has 5 nitrogen and oxygen atoms in total. The summed E-state index contributed by atoms with van der Waals surface area (Å²) in [5.74, 6) is -0.783. The molecular weight excluding hydrogens is 284 g/mol. The minimum atomic E-state index is -0.705. The summed E-state index contributed by atoms with van der Waals surface area (Å²) in [6.07, 6.45) is 0.791. The molecule has 0 amide bonds. The molecular formula is C17H22O5. The van der Waals surface area contributed by atoms with Crippen LogP contribution in [0.4, 0.5) is 0 Å². The highest BCUT2D eigenvalue weighted by Crippen LogP contribution is 2.17. The lowest BCUT2D eigenvalue weighted by Crippen LogP contribution is -2.23. The van der Waals surface area contributed by atoms with Crippen molar-refractivity contribution in [1.29, 1.82) is 0 Å². The Balaban J connectivity index is 3.14. The van der Waals surface area contributed by atoms with Crippen molar-refractivity contribution in [3.63, 3.8) is 0 Å². The number of hydrogen-bond acceptors (Lipinski definition) is 5. The Kier molecular flexibility index (Phi) is 6.63. The third kappa shape index (κ3) is 5.60. The maximum Gasteiger partial charge on any atom is 0.345 e. The number of carbonyl (C=O) groups is 2. The first-order chi connectivity index (χ1) is 10.3. The first-order valence-corrected chi connectivity index (χ1v) is 7.11. The molecule has 0 unspecified atom stereocenters. The van der Waals surface area contributed by atoms with E-state index < -0.39 is 11.9 Å². The normalized spacial score (nSPS) is 10.3. The average Bonchev–Trinajstić information content (AvgIpc) is 2.43. The molecule has 0 aromatic heterocycles. The SMILES string of the molecule is COc1cccc(C=C(C(=O)OC(C)C)C(=O)OC(C)C)c1. The predicted molar refractivity (Wildman–Crippen MR) is 83.4 cm³/mol. The van der Waals surface area contributed by atoms with Crippen molar-refractivity contribution >= 4 is 18.0 Å². The van der Waals surface area contributed by atoms with E-state index in [0.29, 0.717) is 11.3 Å². The number of rotatable bonds is 6. The molecule has 0 bridgehead atoms. The van der Waals surface area contributed by atoms with Crippen LogP contribution in [0.1, 0.15) is 33.3 Å². The lowest BCUT2D eigenvalue weighted by Gasteiger charge is -2.13. The van der Waals surface area contributed by atoms with Gasteiger partial charge in [-0.25, -0.2) is 9.59 Å². The molecule has 1 aromatic rings. The summed E-state index contributed by atoms with van der Waals surface area (Å²) in [5.41, 5.74) is 0.506. The first-order valence-electron chi connectivity index (χ1n) is 7.11. The van der Waals surface area contributed by atoms with Crippen molar-refractivity contribution in [3.05, 3.63) is 35.4 Å². The van der Waals surface area contributed by atoms with E-state index in [4.69, 9.17) is 14.2 Å². The van der Waals surface area contributed by atoms with Crippen LogP contribution in [0.25, 0.3) is 6.08 Å². The van der Waals surface area contributed by atoms with Gasteiger partial charge in [-0.2, -0.15) is 0 Å². The van der Waals surface area contributed by atoms with Gasteiger partial charge < -0.3 is 14.2 Å². The van der Waals surface area contributed by atoms with E-state index in [9.17, 15) is 9.59 Å². The van der Waals surface area contributed by atoms with Gasteiger partial charge in [0.15, 0.2) is 0 Å². The van der Waals surface area contributed by atoms with Crippen LogP contribution in [0.5, 0.6) is 5.75 Å². The van der Waals surface area contributed by atoms with E-state index >= 15 is 0 Å². The van der Waals surface area contributed by atoms with Gasteiger partial charge in [-0.05, 0) is 51.5 Å². The van der Waals surface area contributed by atoms with Crippen molar-refractivity contribution in [2.75, 3.05) is 7.11 Å². The Morgan fingerprint density at radius 1 is 1.00 bits per heavy atom. The van der Waals surface area contributed by atoms with Crippen molar-refractivity contribution in [2.45, 2.75) is 39.9 Å². The summed E-state index contributed by atoms with van der Waals surface area (Å²) in [5, 5.41) is 0. The van der Waals surface area contributed by atoms with Crippen molar-refractivity contribution < 1.29 is 23.8 Å². The standard InChI is InChI=1S/C17H22O5/c1-11(2)21-16(18)15(17(19)22-12(3)4)10-13-7-6-8-14(9-13)20-5/h6-12H,1-5H3. The van der Waals surface area contributed by atoms with Crippen LogP contribution in [0.2, 0.25) is 0 Å². The molecule has 1 aromatic carbocycles. The predicted octanol–water partition coefficient (Wildman–Crippen LogP) is 2.98. The highest BCUT2D eigenvalue weighted by atomic mass is 16.6. The highest BCUT2D eigenvalue weighted by molar-refractivity contribution is 6.17. The highest BCUT2D eigenvalue weighted by Gasteiger charge is 2.23. The lowest BCUT2D eigenvalue weighted by molar-refractivity contribution is -0.150. The van der Waals surface area contributed by atoms with E-state index in [1.54, 1.807) is 59.1 Å². The third-order valence-corrected chi connectivity index (χ3v) is 2.53. The molecule has 0 heterocycles. The molecule has 0 aliphatic rings. The molecule has 0 aliphatic carbocycles. The Morgan fingerprint density at radius 3 is 2.00 bits per heavy atom. The number of ether oxygens (including phenoxy) is 3. The van der Waals surface area contributed by atoms with Crippen LogP contribution in [0.3, 0.4) is 0 Å². The molecule has 0 atom stereocenters. The van der Waals surface area contributed by atoms with Crippen molar-refractivity contribution in [2.24, 2.45) is 0 Å². The van der Waals surface area contributed by atoms with Crippen LogP contribution in [-0.2, 0) is 19.1 Å². The zero-order chi connectivity index (χ0) is 16.7. The lowest BCUT2D eigenvalue weighted by atomic mass is 10.1. The minimum Gasteiger partial charge on any atom is -0.497 e. The van der Waals surface area contributed by atoms with Crippen LogP contribution < -0.4 is 4.74 Å². The van der Waals surface area contributed by atoms with Gasteiger partial charge >= 0.3 is 11.9 Å². The maximum atomic E-state index is 12.1. The molecule has 0 saturated carbocycles. The summed E-state index contributed by atoms with van der Waals surface area (Å²) in [4.78, 5) is 24.2. The fraction of sp³-hybridized carbons (Fsp3) is 0.412. The second-order valence-corrected chi connectivity index (χ2v) is 5.24. The minimum absolute atomic E-state index is 0.143. The molecule has 0 radical (unpaired) electrons. The van der Waals surface area contributed by atoms with Gasteiger partial charge in [0.1, 0.15) is 11.3 Å². The molecule has 22 heavy (non-hydrogen) atoms. The maximum absolute atomic E-state index is 12.1. The summed E-state index contributed by atoms with van der Waals surface area (Å²) < 4.78 is 15.3. The quantitative estimate of drug-likeness (QED) is 0.350. The number of hydrogen-bond donors (Lipinski definition) is 0. The third-order valence-electron chi connectivity index (χ3n) is 2.53. The Morgan fingerprint density at radius 2 is 1.55 bits per heavy atom. The van der Waals surface area contributed by atoms with Gasteiger partial charge in [0.2, 0.25) is 0 Å². The van der Waals surface area contributed by atoms with Gasteiger partial charge in [0, 0.05) is 0 Å². The molecule has 0 fully saturated rings. The van der Waals surface area contributed by atoms with E-state index in [2.05, 4.69) is 0 Å². The van der Waals surface area contributed by atoms with Gasteiger partial charge in [-0.1, -0.05) is 12.1 Å². The topological polar surface area (TPSA) is 61.8 Å². The molecule has 0 aliphatic heterocycles. The van der Waals surface area contributed by atoms with Crippen LogP contribution in [0.15, 0.2) is 29.8 Å². The Hall–Kier alpha value is -2.30. The Labute approximate surface area is 130 Å². The molecule has 0 spiro atoms. The zero-order valence-corrected chi connectivity index (χ0v) is 13.6. The fourth-order valence-electron chi connectivity index (χ4n) is 1.65. The summed E-state index contributed by atoms with van der Waals surface area (Å²) >= 11 is 0. The van der Waals surface area contributed by atoms with E-state index in [1.165, 1.54) is 6.08 Å². The summed E-state index contributed by atoms with van der Waals surface area (Å²) in [6.45, 7) is 6.87. The van der Waals surface area contributed by atoms with Crippen molar-refractivity contribution in [1.82, 2.24) is 0 Å². The second kappa shape index (κ2) is 8.22. The number of esters is 2. The largest absolute Gasteiger partial charge is 0.497 e. The smallest absolute Gasteiger partial charge is 0.345 e. The van der Waals surface area contributed by atoms with Gasteiger partial charge in [-0.3, -0.25) is 0 Å². The number of carbonyl (C=O) groups excluding carboxylic acids is 2. The first kappa shape index (κ1) is 17.8. The monoisotopic (exact) mass is 306 g/mol. The number of methoxy groups -OCH3 is 1. The molecule has 5 heteroatoms. The summed E-state index contributed by atoms with van der Waals surface area (Å²) in [7, 11) is 1.55. The molecule has 0 saturated heterocycles.